The van der Waals surface area contributed by atoms with Crippen LogP contribution in [0.2, 0.25) is 0 Å². The van der Waals surface area contributed by atoms with Crippen molar-refractivity contribution >= 4 is 6.09 Å². The molecule has 0 saturated carbocycles. The van der Waals surface area contributed by atoms with E-state index >= 15 is 0 Å². The van der Waals surface area contributed by atoms with Gasteiger partial charge in [-0.05, 0) is 43.6 Å². The molecule has 1 heterocycles. The zero-order valence-electron chi connectivity index (χ0n) is 15.6. The van der Waals surface area contributed by atoms with Crippen LogP contribution < -0.4 is 0 Å². The molecule has 1 fully saturated rings. The largest absolute Gasteiger partial charge is 0.445 e. The molecule has 0 aliphatic carbocycles. The number of amides is 1. The maximum Gasteiger partial charge on any atom is 0.410 e. The third-order valence-corrected chi connectivity index (χ3v) is 4.83. The number of aliphatic hydroxyl groups excluding tert-OH is 1. The molecule has 6 nitrogen and oxygen atoms in total. The van der Waals surface area contributed by atoms with Crippen LogP contribution in [0.1, 0.15) is 37.7 Å². The second kappa shape index (κ2) is 11.9. The maximum atomic E-state index is 12.3. The average Bonchev–Trinajstić information content (AvgIpc) is 2.70. The molecule has 1 aromatic carbocycles. The molecule has 1 aliphatic rings. The number of hydrogen-bond donors (Lipinski definition) is 1. The molecule has 1 aromatic rings. The van der Waals surface area contributed by atoms with Gasteiger partial charge in [0.1, 0.15) is 13.4 Å². The molecule has 0 bridgehead atoms. The highest BCUT2D eigenvalue weighted by Crippen LogP contribution is 2.26. The Morgan fingerprint density at radius 3 is 2.62 bits per heavy atom. The van der Waals surface area contributed by atoms with Gasteiger partial charge in [-0.3, -0.25) is 0 Å². The molecule has 1 aliphatic heterocycles. The number of hydrogen-bond acceptors (Lipinski definition) is 5. The van der Waals surface area contributed by atoms with Crippen molar-refractivity contribution in [1.82, 2.24) is 4.90 Å². The highest BCUT2D eigenvalue weighted by molar-refractivity contribution is 5.67. The Kier molecular flexibility index (Phi) is 9.45. The van der Waals surface area contributed by atoms with E-state index in [1.165, 1.54) is 0 Å². The topological polar surface area (TPSA) is 68.2 Å². The summed E-state index contributed by atoms with van der Waals surface area (Å²) in [5.41, 5.74) is 0.993. The van der Waals surface area contributed by atoms with Gasteiger partial charge in [-0.2, -0.15) is 0 Å². The molecular weight excluding hydrogens is 334 g/mol. The van der Waals surface area contributed by atoms with Gasteiger partial charge in [-0.1, -0.05) is 30.3 Å². The van der Waals surface area contributed by atoms with Gasteiger partial charge in [-0.25, -0.2) is 4.79 Å². The fourth-order valence-electron chi connectivity index (χ4n) is 3.33. The minimum absolute atomic E-state index is 0.115. The first-order chi connectivity index (χ1) is 12.7. The number of nitrogens with zero attached hydrogens (tertiary/aromatic N) is 1. The zero-order chi connectivity index (χ0) is 18.6. The molecule has 1 atom stereocenters. The van der Waals surface area contributed by atoms with E-state index < -0.39 is 0 Å². The molecule has 1 amide bonds. The predicted octanol–water partition coefficient (Wildman–Crippen LogP) is 3.19. The Bertz CT molecular complexity index is 502. The molecule has 0 aromatic heterocycles. The lowest BCUT2D eigenvalue weighted by Gasteiger charge is -2.35. The number of methoxy groups -OCH3 is 1. The number of carbonyl (C=O) groups is 1. The molecule has 1 saturated heterocycles. The van der Waals surface area contributed by atoms with E-state index in [1.54, 1.807) is 12.0 Å². The van der Waals surface area contributed by atoms with Gasteiger partial charge in [0, 0.05) is 26.8 Å². The zero-order valence-corrected chi connectivity index (χ0v) is 15.6. The van der Waals surface area contributed by atoms with Gasteiger partial charge in [-0.15, -0.1) is 0 Å². The van der Waals surface area contributed by atoms with Crippen LogP contribution in [0.4, 0.5) is 4.79 Å². The summed E-state index contributed by atoms with van der Waals surface area (Å²) in [4.78, 5) is 14.0. The van der Waals surface area contributed by atoms with Gasteiger partial charge in [0.15, 0.2) is 0 Å². The van der Waals surface area contributed by atoms with Crippen LogP contribution in [-0.4, -0.2) is 55.8 Å². The Hall–Kier alpha value is -1.63. The number of benzene rings is 1. The summed E-state index contributed by atoms with van der Waals surface area (Å²) in [6.45, 7) is 2.17. The van der Waals surface area contributed by atoms with Crippen molar-refractivity contribution in [2.24, 2.45) is 5.92 Å². The number of unbranched alkanes of at least 4 members (excludes halogenated alkanes) is 1. The quantitative estimate of drug-likeness (QED) is 0.509. The van der Waals surface area contributed by atoms with E-state index in [0.29, 0.717) is 25.6 Å². The van der Waals surface area contributed by atoms with E-state index in [1.807, 2.05) is 30.3 Å². The van der Waals surface area contributed by atoms with Crippen molar-refractivity contribution in [1.29, 1.82) is 0 Å². The second-order valence-corrected chi connectivity index (χ2v) is 6.70. The van der Waals surface area contributed by atoms with Crippen molar-refractivity contribution in [2.75, 3.05) is 33.6 Å². The second-order valence-electron chi connectivity index (χ2n) is 6.70. The Balaban J connectivity index is 1.75. The summed E-state index contributed by atoms with van der Waals surface area (Å²) in [7, 11) is 1.62. The van der Waals surface area contributed by atoms with E-state index in [0.717, 1.165) is 37.7 Å². The van der Waals surface area contributed by atoms with E-state index in [-0.39, 0.29) is 25.6 Å². The lowest BCUT2D eigenvalue weighted by Crippen LogP contribution is -2.42. The number of likely N-dealkylation sites (tertiary alicyclic amines) is 1. The Morgan fingerprint density at radius 1 is 1.23 bits per heavy atom. The minimum atomic E-state index is -0.248. The Morgan fingerprint density at radius 2 is 1.96 bits per heavy atom. The summed E-state index contributed by atoms with van der Waals surface area (Å²) >= 11 is 0. The van der Waals surface area contributed by atoms with Crippen molar-refractivity contribution in [3.63, 3.8) is 0 Å². The van der Waals surface area contributed by atoms with Crippen LogP contribution in [0.25, 0.3) is 0 Å². The molecule has 2 rings (SSSR count). The molecular formula is C20H31NO5. The molecule has 146 valence electrons. The first-order valence-corrected chi connectivity index (χ1v) is 9.41. The average molecular weight is 365 g/mol. The van der Waals surface area contributed by atoms with E-state index in [9.17, 15) is 4.79 Å². The standard InChI is InChI=1S/C20H31NO5/c1-24-16-26-19(9-5-6-14-22)18-10-12-21(13-11-18)20(23)25-15-17-7-3-2-4-8-17/h2-4,7-8,18-19,22H,5-6,9-16H2,1H3. The number of ether oxygens (including phenoxy) is 3. The normalized spacial score (nSPS) is 16.5. The highest BCUT2D eigenvalue weighted by atomic mass is 16.7. The van der Waals surface area contributed by atoms with E-state index in [2.05, 4.69) is 0 Å². The molecule has 6 heteroatoms. The minimum Gasteiger partial charge on any atom is -0.445 e. The molecule has 0 radical (unpaired) electrons. The van der Waals surface area contributed by atoms with Crippen LogP contribution in [0.15, 0.2) is 30.3 Å². The summed E-state index contributed by atoms with van der Waals surface area (Å²) in [6, 6.07) is 9.71. The van der Waals surface area contributed by atoms with E-state index in [4.69, 9.17) is 19.3 Å². The molecule has 26 heavy (non-hydrogen) atoms. The number of piperidine rings is 1. The molecule has 0 spiro atoms. The van der Waals surface area contributed by atoms with Crippen LogP contribution in [0.3, 0.4) is 0 Å². The van der Waals surface area contributed by atoms with Crippen LogP contribution in [0.5, 0.6) is 0 Å². The maximum absolute atomic E-state index is 12.3. The van der Waals surface area contributed by atoms with Crippen molar-refractivity contribution < 1.29 is 24.1 Å². The number of rotatable bonds is 10. The van der Waals surface area contributed by atoms with Gasteiger partial charge in [0.2, 0.25) is 0 Å². The lowest BCUT2D eigenvalue weighted by atomic mass is 9.88. The fraction of sp³-hybridized carbons (Fsp3) is 0.650. The summed E-state index contributed by atoms with van der Waals surface area (Å²) in [6.07, 6.45) is 4.29. The number of aliphatic hydroxyl groups is 1. The lowest BCUT2D eigenvalue weighted by molar-refractivity contribution is -0.102. The van der Waals surface area contributed by atoms with Crippen molar-refractivity contribution in [3.8, 4) is 0 Å². The van der Waals surface area contributed by atoms with Crippen molar-refractivity contribution in [2.45, 2.75) is 44.8 Å². The van der Waals surface area contributed by atoms with Crippen LogP contribution in [0, 0.1) is 5.92 Å². The third kappa shape index (κ3) is 6.94. The SMILES string of the molecule is COCOC(CCCCO)C1CCN(C(=O)OCc2ccccc2)CC1. The monoisotopic (exact) mass is 365 g/mol. The highest BCUT2D eigenvalue weighted by Gasteiger charge is 2.29. The molecule has 1 unspecified atom stereocenters. The first kappa shape index (κ1) is 20.7. The van der Waals surface area contributed by atoms with Gasteiger partial charge in [0.25, 0.3) is 0 Å². The van der Waals surface area contributed by atoms with Gasteiger partial charge in [0.05, 0.1) is 6.10 Å². The Labute approximate surface area is 156 Å². The molecule has 1 N–H and O–H groups in total. The summed E-state index contributed by atoms with van der Waals surface area (Å²) < 4.78 is 16.3. The smallest absolute Gasteiger partial charge is 0.410 e. The first-order valence-electron chi connectivity index (χ1n) is 9.41. The van der Waals surface area contributed by atoms with Gasteiger partial charge >= 0.3 is 6.09 Å². The van der Waals surface area contributed by atoms with Crippen LogP contribution >= 0.6 is 0 Å². The van der Waals surface area contributed by atoms with Crippen LogP contribution in [-0.2, 0) is 20.8 Å². The van der Waals surface area contributed by atoms with Gasteiger partial charge < -0.3 is 24.2 Å². The fourth-order valence-corrected chi connectivity index (χ4v) is 3.33. The van der Waals surface area contributed by atoms with Crippen molar-refractivity contribution in [3.05, 3.63) is 35.9 Å². The summed E-state index contributed by atoms with van der Waals surface area (Å²) in [5, 5.41) is 8.97. The summed E-state index contributed by atoms with van der Waals surface area (Å²) in [5.74, 6) is 0.405. The number of carbonyl (C=O) groups excluding carboxylic acids is 1. The third-order valence-electron chi connectivity index (χ3n) is 4.83. The predicted molar refractivity (Wildman–Crippen MR) is 98.6 cm³/mol.